The van der Waals surface area contributed by atoms with E-state index in [1.54, 1.807) is 6.20 Å². The van der Waals surface area contributed by atoms with E-state index in [0.29, 0.717) is 6.54 Å². The van der Waals surface area contributed by atoms with Gasteiger partial charge in [-0.3, -0.25) is 4.98 Å². The number of pyridine rings is 1. The fourth-order valence-corrected chi connectivity index (χ4v) is 2.43. The van der Waals surface area contributed by atoms with Crippen LogP contribution in [0.2, 0.25) is 0 Å². The summed E-state index contributed by atoms with van der Waals surface area (Å²) < 4.78 is 6.08. The van der Waals surface area contributed by atoms with Gasteiger partial charge in [0.15, 0.2) is 0 Å². The minimum Gasteiger partial charge on any atom is -0.456 e. The van der Waals surface area contributed by atoms with Crippen molar-refractivity contribution < 1.29 is 4.74 Å². The molecule has 0 unspecified atom stereocenters. The normalized spacial score (nSPS) is 10.8. The third kappa shape index (κ3) is 2.88. The fraction of sp³-hybridized carbons (Fsp3) is 0.167. The predicted octanol–water partition coefficient (Wildman–Crippen LogP) is 3.84. The molecule has 1 heterocycles. The van der Waals surface area contributed by atoms with Crippen molar-refractivity contribution in [1.82, 2.24) is 4.98 Å². The van der Waals surface area contributed by atoms with Gasteiger partial charge in [0.1, 0.15) is 11.5 Å². The second-order valence-electron chi connectivity index (χ2n) is 5.07. The van der Waals surface area contributed by atoms with Gasteiger partial charge in [0, 0.05) is 11.6 Å². The zero-order chi connectivity index (χ0) is 14.7. The first-order valence-corrected chi connectivity index (χ1v) is 7.09. The van der Waals surface area contributed by atoms with Gasteiger partial charge in [0.25, 0.3) is 0 Å². The van der Waals surface area contributed by atoms with Crippen LogP contribution >= 0.6 is 0 Å². The first-order chi connectivity index (χ1) is 10.3. The Balaban J connectivity index is 1.95. The highest BCUT2D eigenvalue weighted by Crippen LogP contribution is 2.31. The number of rotatable bonds is 4. The molecule has 0 aliphatic carbocycles. The summed E-state index contributed by atoms with van der Waals surface area (Å²) in [7, 11) is 0. The lowest BCUT2D eigenvalue weighted by atomic mass is 10.1. The van der Waals surface area contributed by atoms with Gasteiger partial charge in [0.2, 0.25) is 0 Å². The molecule has 0 saturated heterocycles. The Labute approximate surface area is 124 Å². The summed E-state index contributed by atoms with van der Waals surface area (Å²) in [5, 5.41) is 1.02. The maximum absolute atomic E-state index is 6.08. The van der Waals surface area contributed by atoms with Gasteiger partial charge in [-0.25, -0.2) is 0 Å². The number of nitrogens with two attached hydrogens (primary N) is 1. The SMILES string of the molecule is Cc1cc(CCN)ccc1Oc1cccc2ncccc12. The van der Waals surface area contributed by atoms with Crippen molar-refractivity contribution in [2.45, 2.75) is 13.3 Å². The Morgan fingerprint density at radius 3 is 2.76 bits per heavy atom. The van der Waals surface area contributed by atoms with E-state index < -0.39 is 0 Å². The van der Waals surface area contributed by atoms with E-state index >= 15 is 0 Å². The lowest BCUT2D eigenvalue weighted by Gasteiger charge is -2.12. The average Bonchev–Trinajstić information content (AvgIpc) is 2.51. The van der Waals surface area contributed by atoms with Crippen LogP contribution in [0, 0.1) is 6.92 Å². The van der Waals surface area contributed by atoms with Crippen LogP contribution in [0.1, 0.15) is 11.1 Å². The van der Waals surface area contributed by atoms with Gasteiger partial charge in [0.05, 0.1) is 5.52 Å². The Morgan fingerprint density at radius 1 is 1.05 bits per heavy atom. The lowest BCUT2D eigenvalue weighted by Crippen LogP contribution is -2.02. The highest BCUT2D eigenvalue weighted by atomic mass is 16.5. The van der Waals surface area contributed by atoms with E-state index in [-0.39, 0.29) is 0 Å². The fourth-order valence-electron chi connectivity index (χ4n) is 2.43. The maximum atomic E-state index is 6.08. The molecule has 0 aliphatic rings. The standard InChI is InChI=1S/C18H18N2O/c1-13-12-14(9-10-19)7-8-17(13)21-18-6-2-5-16-15(18)4-3-11-20-16/h2-8,11-12H,9-10,19H2,1H3. The molecule has 0 aliphatic heterocycles. The van der Waals surface area contributed by atoms with Crippen LogP contribution in [0.5, 0.6) is 11.5 Å². The Kier molecular flexibility index (Phi) is 3.84. The minimum atomic E-state index is 0.661. The first-order valence-electron chi connectivity index (χ1n) is 7.09. The maximum Gasteiger partial charge on any atom is 0.136 e. The zero-order valence-electron chi connectivity index (χ0n) is 12.0. The Morgan fingerprint density at radius 2 is 1.95 bits per heavy atom. The van der Waals surface area contributed by atoms with Crippen LogP contribution in [-0.4, -0.2) is 11.5 Å². The molecule has 0 spiro atoms. The Hall–Kier alpha value is -2.39. The summed E-state index contributed by atoms with van der Waals surface area (Å²) in [5.41, 5.74) is 8.88. The van der Waals surface area contributed by atoms with Crippen LogP contribution in [-0.2, 0) is 6.42 Å². The third-order valence-corrected chi connectivity index (χ3v) is 3.50. The zero-order valence-corrected chi connectivity index (χ0v) is 12.0. The van der Waals surface area contributed by atoms with Crippen molar-refractivity contribution in [1.29, 1.82) is 0 Å². The summed E-state index contributed by atoms with van der Waals surface area (Å²) in [6, 6.07) is 16.1. The quantitative estimate of drug-likeness (QED) is 0.789. The van der Waals surface area contributed by atoms with Crippen LogP contribution < -0.4 is 10.5 Å². The smallest absolute Gasteiger partial charge is 0.136 e. The number of nitrogens with zero attached hydrogens (tertiary/aromatic N) is 1. The molecule has 2 N–H and O–H groups in total. The van der Waals surface area contributed by atoms with E-state index in [1.807, 2.05) is 36.4 Å². The third-order valence-electron chi connectivity index (χ3n) is 3.50. The van der Waals surface area contributed by atoms with Crippen molar-refractivity contribution in [3.63, 3.8) is 0 Å². The van der Waals surface area contributed by atoms with Gasteiger partial charge in [-0.15, -0.1) is 0 Å². The number of hydrogen-bond donors (Lipinski definition) is 1. The minimum absolute atomic E-state index is 0.661. The van der Waals surface area contributed by atoms with Crippen molar-refractivity contribution >= 4 is 10.9 Å². The monoisotopic (exact) mass is 278 g/mol. The molecule has 3 heteroatoms. The molecule has 3 rings (SSSR count). The Bertz CT molecular complexity index is 763. The summed E-state index contributed by atoms with van der Waals surface area (Å²) in [6.45, 7) is 2.72. The van der Waals surface area contributed by atoms with Crippen molar-refractivity contribution in [2.24, 2.45) is 5.73 Å². The summed E-state index contributed by atoms with van der Waals surface area (Å²) in [4.78, 5) is 4.35. The molecule has 0 bridgehead atoms. The van der Waals surface area contributed by atoms with Crippen molar-refractivity contribution in [3.8, 4) is 11.5 Å². The molecular formula is C18H18N2O. The summed E-state index contributed by atoms with van der Waals surface area (Å²) >= 11 is 0. The predicted molar refractivity (Wildman–Crippen MR) is 85.8 cm³/mol. The van der Waals surface area contributed by atoms with Crippen molar-refractivity contribution in [2.75, 3.05) is 6.54 Å². The first kappa shape index (κ1) is 13.6. The molecule has 0 amide bonds. The number of benzene rings is 2. The molecule has 3 nitrogen and oxygen atoms in total. The molecule has 21 heavy (non-hydrogen) atoms. The topological polar surface area (TPSA) is 48.1 Å². The highest BCUT2D eigenvalue weighted by molar-refractivity contribution is 5.85. The molecule has 2 aromatic carbocycles. The van der Waals surface area contributed by atoms with Gasteiger partial charge >= 0.3 is 0 Å². The van der Waals surface area contributed by atoms with Crippen molar-refractivity contribution in [3.05, 3.63) is 65.9 Å². The van der Waals surface area contributed by atoms with E-state index in [0.717, 1.165) is 34.4 Å². The van der Waals surface area contributed by atoms with E-state index in [2.05, 4.69) is 24.0 Å². The molecule has 106 valence electrons. The summed E-state index contributed by atoms with van der Waals surface area (Å²) in [6.07, 6.45) is 2.68. The average molecular weight is 278 g/mol. The molecular weight excluding hydrogens is 260 g/mol. The lowest BCUT2D eigenvalue weighted by molar-refractivity contribution is 0.484. The summed E-state index contributed by atoms with van der Waals surface area (Å²) in [5.74, 6) is 1.70. The van der Waals surface area contributed by atoms with Crippen LogP contribution in [0.25, 0.3) is 10.9 Å². The van der Waals surface area contributed by atoms with Gasteiger partial charge in [-0.2, -0.15) is 0 Å². The molecule has 3 aromatic rings. The number of fused-ring (bicyclic) bond motifs is 1. The molecule has 0 atom stereocenters. The van der Waals surface area contributed by atoms with Crippen LogP contribution in [0.3, 0.4) is 0 Å². The van der Waals surface area contributed by atoms with Crippen LogP contribution in [0.15, 0.2) is 54.7 Å². The highest BCUT2D eigenvalue weighted by Gasteiger charge is 2.06. The number of aryl methyl sites for hydroxylation is 1. The van der Waals surface area contributed by atoms with E-state index in [9.17, 15) is 0 Å². The van der Waals surface area contributed by atoms with Crippen LogP contribution in [0.4, 0.5) is 0 Å². The molecule has 0 fully saturated rings. The number of hydrogen-bond acceptors (Lipinski definition) is 3. The van der Waals surface area contributed by atoms with E-state index in [1.165, 1.54) is 5.56 Å². The number of ether oxygens (including phenoxy) is 1. The molecule has 1 aromatic heterocycles. The van der Waals surface area contributed by atoms with Gasteiger partial charge < -0.3 is 10.5 Å². The van der Waals surface area contributed by atoms with Gasteiger partial charge in [-0.1, -0.05) is 18.2 Å². The van der Waals surface area contributed by atoms with E-state index in [4.69, 9.17) is 10.5 Å². The molecule has 0 saturated carbocycles. The molecule has 0 radical (unpaired) electrons. The largest absolute Gasteiger partial charge is 0.456 e. The second-order valence-corrected chi connectivity index (χ2v) is 5.07. The second kappa shape index (κ2) is 5.94. The number of aromatic nitrogens is 1. The van der Waals surface area contributed by atoms with Gasteiger partial charge in [-0.05, 0) is 61.3 Å².